The van der Waals surface area contributed by atoms with E-state index in [-0.39, 0.29) is 0 Å². The smallest absolute Gasteiger partial charge is 0.147 e. The zero-order valence-corrected chi connectivity index (χ0v) is 21.3. The summed E-state index contributed by atoms with van der Waals surface area (Å²) in [4.78, 5) is 14.9. The van der Waals surface area contributed by atoms with Gasteiger partial charge in [-0.3, -0.25) is 9.67 Å². The van der Waals surface area contributed by atoms with E-state index >= 15 is 0 Å². The number of nitrogens with zero attached hydrogens (tertiary/aromatic N) is 5. The predicted molar refractivity (Wildman–Crippen MR) is 151 cm³/mol. The van der Waals surface area contributed by atoms with Crippen LogP contribution in [0.1, 0.15) is 16.8 Å². The van der Waals surface area contributed by atoms with Gasteiger partial charge in [0.15, 0.2) is 0 Å². The summed E-state index contributed by atoms with van der Waals surface area (Å²) in [6.45, 7) is 3.54. The molecule has 2 aromatic carbocycles. The Labute approximate surface area is 224 Å². The van der Waals surface area contributed by atoms with Gasteiger partial charge in [0.25, 0.3) is 0 Å². The highest BCUT2D eigenvalue weighted by Crippen LogP contribution is 2.38. The third-order valence-corrected chi connectivity index (χ3v) is 7.46. The van der Waals surface area contributed by atoms with E-state index in [4.69, 9.17) is 4.74 Å². The van der Waals surface area contributed by atoms with Crippen LogP contribution in [0.15, 0.2) is 97.4 Å². The van der Waals surface area contributed by atoms with Gasteiger partial charge in [-0.1, -0.05) is 36.4 Å². The van der Waals surface area contributed by atoms with Crippen LogP contribution in [0.4, 0.5) is 0 Å². The monoisotopic (exact) mass is 511 g/mol. The van der Waals surface area contributed by atoms with E-state index in [1.807, 2.05) is 48.1 Å². The molecule has 2 N–H and O–H groups in total. The molecule has 1 fully saturated rings. The number of ether oxygens (including phenoxy) is 1. The number of hydrogen-bond acceptors (Lipinski definition) is 5. The molecule has 0 bridgehead atoms. The molecule has 0 aliphatic carbocycles. The van der Waals surface area contributed by atoms with Crippen molar-refractivity contribution in [3.05, 3.63) is 114 Å². The van der Waals surface area contributed by atoms with Crippen LogP contribution in [-0.4, -0.2) is 47.2 Å². The van der Waals surface area contributed by atoms with Crippen molar-refractivity contribution < 1.29 is 4.74 Å². The molecule has 2 aliphatic rings. The number of fused-ring (bicyclic) bond motifs is 3. The molecule has 0 saturated carbocycles. The number of aryl methyl sites for hydroxylation is 1. The summed E-state index contributed by atoms with van der Waals surface area (Å²) >= 11 is 0. The molecule has 2 aliphatic heterocycles. The highest BCUT2D eigenvalue weighted by Gasteiger charge is 2.39. The fraction of sp³-hybridized carbons (Fsp3) is 0.129. The second-order valence-corrected chi connectivity index (χ2v) is 10.2. The van der Waals surface area contributed by atoms with Crippen molar-refractivity contribution in [3.63, 3.8) is 0 Å². The van der Waals surface area contributed by atoms with E-state index in [0.29, 0.717) is 12.6 Å². The fourth-order valence-electron chi connectivity index (χ4n) is 5.36. The van der Waals surface area contributed by atoms with E-state index in [2.05, 4.69) is 78.7 Å². The molecule has 1 saturated heterocycles. The van der Waals surface area contributed by atoms with E-state index in [1.54, 1.807) is 6.33 Å². The lowest BCUT2D eigenvalue weighted by molar-refractivity contribution is 0.187. The molecule has 0 spiro atoms. The Morgan fingerprint density at radius 2 is 1.92 bits per heavy atom. The van der Waals surface area contributed by atoms with Crippen LogP contribution in [0.5, 0.6) is 0 Å². The maximum atomic E-state index is 6.27. The van der Waals surface area contributed by atoms with Crippen LogP contribution in [-0.2, 0) is 11.3 Å². The Hall–Kier alpha value is -5.11. The Morgan fingerprint density at radius 1 is 1.00 bits per heavy atom. The molecule has 1 atom stereocenters. The van der Waals surface area contributed by atoms with Crippen LogP contribution in [0.3, 0.4) is 0 Å². The van der Waals surface area contributed by atoms with Gasteiger partial charge in [-0.25, -0.2) is 9.97 Å². The highest BCUT2D eigenvalue weighted by atomic mass is 16.5. The zero-order valence-electron chi connectivity index (χ0n) is 21.3. The number of benzene rings is 2. The molecule has 1 unspecified atom stereocenters. The van der Waals surface area contributed by atoms with Gasteiger partial charge >= 0.3 is 0 Å². The number of hydrogen-bond donors (Lipinski definition) is 2. The van der Waals surface area contributed by atoms with Crippen molar-refractivity contribution in [3.8, 4) is 17.2 Å². The molecule has 39 heavy (non-hydrogen) atoms. The fourth-order valence-corrected chi connectivity index (χ4v) is 5.36. The first-order valence-electron chi connectivity index (χ1n) is 13.0. The first kappa shape index (κ1) is 21.9. The summed E-state index contributed by atoms with van der Waals surface area (Å²) in [5.74, 6) is 1.86. The molecule has 6 heterocycles. The summed E-state index contributed by atoms with van der Waals surface area (Å²) in [5.41, 5.74) is 8.19. The van der Waals surface area contributed by atoms with E-state index in [1.165, 1.54) is 5.56 Å². The summed E-state index contributed by atoms with van der Waals surface area (Å²) in [7, 11) is 0. The van der Waals surface area contributed by atoms with Crippen molar-refractivity contribution in [2.45, 2.75) is 19.6 Å². The van der Waals surface area contributed by atoms with Gasteiger partial charge in [0.2, 0.25) is 0 Å². The molecular formula is C31H25N7O. The topological polar surface area (TPSA) is 87.4 Å². The van der Waals surface area contributed by atoms with Crippen molar-refractivity contribution in [2.24, 2.45) is 0 Å². The number of rotatable bonds is 6. The lowest BCUT2D eigenvalue weighted by Crippen LogP contribution is -2.08. The van der Waals surface area contributed by atoms with Gasteiger partial charge < -0.3 is 14.6 Å². The minimum atomic E-state index is 0.346. The average Bonchev–Trinajstić information content (AvgIpc) is 3.26. The van der Waals surface area contributed by atoms with Crippen molar-refractivity contribution in [1.82, 2.24) is 34.6 Å². The first-order valence-corrected chi connectivity index (χ1v) is 13.0. The Morgan fingerprint density at radius 3 is 2.79 bits per heavy atom. The number of imidazole rings is 1. The molecule has 8 heteroatoms. The molecule has 190 valence electrons. The van der Waals surface area contributed by atoms with Gasteiger partial charge in [-0.2, -0.15) is 5.10 Å². The van der Waals surface area contributed by atoms with Crippen LogP contribution in [0, 0.1) is 6.92 Å². The number of H-pyrrole nitrogens is 2. The lowest BCUT2D eigenvalue weighted by Gasteiger charge is -2.16. The maximum Gasteiger partial charge on any atom is 0.147 e. The Balaban J connectivity index is 1.15. The number of allylic oxidation sites excluding steroid dienone is 2. The van der Waals surface area contributed by atoms with Gasteiger partial charge in [-0.05, 0) is 48.4 Å². The van der Waals surface area contributed by atoms with E-state index in [9.17, 15) is 0 Å². The van der Waals surface area contributed by atoms with Crippen LogP contribution in [0.2, 0.25) is 0 Å². The van der Waals surface area contributed by atoms with Crippen LogP contribution in [0.25, 0.3) is 44.6 Å². The van der Waals surface area contributed by atoms with Gasteiger partial charge in [-0.15, -0.1) is 0 Å². The normalized spacial score (nSPS) is 16.3. The summed E-state index contributed by atoms with van der Waals surface area (Å²) < 4.78 is 8.22. The molecule has 6 aromatic rings. The van der Waals surface area contributed by atoms with Crippen molar-refractivity contribution in [2.75, 3.05) is 6.54 Å². The lowest BCUT2D eigenvalue weighted by atomic mass is 10.0. The Bertz CT molecular complexity index is 1920. The molecule has 8 rings (SSSR count). The van der Waals surface area contributed by atoms with Gasteiger partial charge in [0.1, 0.15) is 36.2 Å². The minimum Gasteiger partial charge on any atom is -0.491 e. The third-order valence-electron chi connectivity index (χ3n) is 7.46. The van der Waals surface area contributed by atoms with Crippen molar-refractivity contribution >= 4 is 27.4 Å². The number of nitrogens with one attached hydrogen (secondary N) is 2. The largest absolute Gasteiger partial charge is 0.491 e. The second-order valence-electron chi connectivity index (χ2n) is 10.2. The van der Waals surface area contributed by atoms with Crippen LogP contribution < -0.4 is 0 Å². The molecule has 0 radical (unpaired) electrons. The van der Waals surface area contributed by atoms with E-state index < -0.39 is 0 Å². The first-order chi connectivity index (χ1) is 19.2. The van der Waals surface area contributed by atoms with Crippen molar-refractivity contribution in [1.29, 1.82) is 0 Å². The SMILES string of the molecule is Cc1cn(-c2nccc3[nH]c(-c4n[nH]c5ccc(C6=CN7CC7C(OCc7ccccc7)=C6)cc45)cc23)cn1. The maximum absolute atomic E-state index is 6.27. The standard InChI is InChI=1S/C31H25N7O/c1-19-14-38(18-33-19)31-24-13-27(34-25(24)9-10-32-31)30-23-11-21(7-8-26(23)35-36-30)22-12-29(28-16-37(28)15-22)39-17-20-5-3-2-4-6-20/h2-15,18,28,34H,16-17H2,1H3,(H,35,36). The quantitative estimate of drug-likeness (QED) is 0.279. The van der Waals surface area contributed by atoms with Crippen LogP contribution >= 0.6 is 0 Å². The molecule has 0 amide bonds. The Kier molecular flexibility index (Phi) is 4.75. The van der Waals surface area contributed by atoms with Gasteiger partial charge in [0.05, 0.1) is 22.4 Å². The van der Waals surface area contributed by atoms with E-state index in [0.717, 1.165) is 68.1 Å². The third kappa shape index (κ3) is 3.80. The predicted octanol–water partition coefficient (Wildman–Crippen LogP) is 5.74. The summed E-state index contributed by atoms with van der Waals surface area (Å²) in [6.07, 6.45) is 10.0. The second kappa shape index (κ2) is 8.46. The summed E-state index contributed by atoms with van der Waals surface area (Å²) in [5, 5.41) is 9.97. The highest BCUT2D eigenvalue weighted by molar-refractivity contribution is 5.99. The molecule has 4 aromatic heterocycles. The summed E-state index contributed by atoms with van der Waals surface area (Å²) in [6, 6.07) is 21.2. The number of aromatic amines is 2. The molecule has 8 nitrogen and oxygen atoms in total. The number of aromatic nitrogens is 6. The average molecular weight is 512 g/mol. The minimum absolute atomic E-state index is 0.346. The zero-order chi connectivity index (χ0) is 25.9. The number of pyridine rings is 1. The van der Waals surface area contributed by atoms with Gasteiger partial charge in [0, 0.05) is 41.5 Å². The molecular weight excluding hydrogens is 486 g/mol.